The maximum atomic E-state index is 9.51. The molecular weight excluding hydrogens is 320 g/mol. The van der Waals surface area contributed by atoms with E-state index in [2.05, 4.69) is 4.98 Å². The van der Waals surface area contributed by atoms with Crippen LogP contribution < -0.4 is 19.7 Å². The third-order valence-corrected chi connectivity index (χ3v) is 3.85. The van der Waals surface area contributed by atoms with Crippen molar-refractivity contribution in [3.8, 4) is 29.0 Å². The van der Waals surface area contributed by atoms with Crippen molar-refractivity contribution >= 4 is 10.9 Å². The summed E-state index contributed by atoms with van der Waals surface area (Å²) in [5.74, 6) is 1.78. The van der Waals surface area contributed by atoms with Crippen LogP contribution in [0.3, 0.4) is 0 Å². The fourth-order valence-electron chi connectivity index (χ4n) is 2.61. The van der Waals surface area contributed by atoms with E-state index in [4.69, 9.17) is 19.6 Å². The van der Waals surface area contributed by atoms with Gasteiger partial charge in [-0.2, -0.15) is 5.26 Å². The summed E-state index contributed by atoms with van der Waals surface area (Å²) in [6.07, 6.45) is 0. The molecule has 0 bridgehead atoms. The highest BCUT2D eigenvalue weighted by Crippen LogP contribution is 2.29. The molecule has 7 heteroatoms. The van der Waals surface area contributed by atoms with Crippen molar-refractivity contribution in [3.05, 3.63) is 47.7 Å². The Labute approximate surface area is 144 Å². The van der Waals surface area contributed by atoms with Crippen LogP contribution in [-0.2, 0) is 0 Å². The Hall–Kier alpha value is -3.53. The van der Waals surface area contributed by atoms with Crippen molar-refractivity contribution < 1.29 is 14.2 Å². The zero-order valence-corrected chi connectivity index (χ0v) is 14.0. The number of hydrogen-bond donors (Lipinski definition) is 1. The van der Waals surface area contributed by atoms with Crippen LogP contribution in [0.4, 0.5) is 0 Å². The molecule has 0 amide bonds. The third kappa shape index (κ3) is 2.74. The summed E-state index contributed by atoms with van der Waals surface area (Å²) < 4.78 is 17.2. The molecule has 0 aliphatic carbocycles. The lowest BCUT2D eigenvalue weighted by Gasteiger charge is -2.14. The molecule has 0 radical (unpaired) electrons. The second-order valence-corrected chi connectivity index (χ2v) is 5.15. The lowest BCUT2D eigenvalue weighted by atomic mass is 10.2. The summed E-state index contributed by atoms with van der Waals surface area (Å²) in [7, 11) is 4.64. The number of ether oxygens (including phenoxy) is 3. The lowest BCUT2D eigenvalue weighted by molar-refractivity contribution is 0.355. The summed E-state index contributed by atoms with van der Waals surface area (Å²) in [6.45, 7) is 0. The largest absolute Gasteiger partial charge is 0.497 e. The molecule has 0 saturated heterocycles. The highest BCUT2D eigenvalue weighted by Gasteiger charge is 2.13. The number of hydrogen-bond acceptors (Lipinski definition) is 6. The highest BCUT2D eigenvalue weighted by molar-refractivity contribution is 5.79. The monoisotopic (exact) mass is 336 g/mol. The first-order valence-electron chi connectivity index (χ1n) is 7.40. The Morgan fingerprint density at radius 3 is 2.40 bits per heavy atom. The molecule has 126 valence electrons. The van der Waals surface area contributed by atoms with Gasteiger partial charge in [0.1, 0.15) is 17.3 Å². The van der Waals surface area contributed by atoms with E-state index in [0.717, 1.165) is 0 Å². The molecule has 0 aliphatic heterocycles. The van der Waals surface area contributed by atoms with Crippen LogP contribution in [-0.4, -0.2) is 30.9 Å². The maximum absolute atomic E-state index is 9.51. The number of nitrogens with one attached hydrogen (secondary N) is 1. The number of nitrogens with zero attached hydrogens (tertiary/aromatic N) is 3. The van der Waals surface area contributed by atoms with Crippen LogP contribution in [0.1, 0.15) is 5.82 Å². The third-order valence-electron chi connectivity index (χ3n) is 3.85. The molecule has 1 aromatic heterocycles. The van der Waals surface area contributed by atoms with Gasteiger partial charge in [0.2, 0.25) is 5.82 Å². The minimum atomic E-state index is 0.0953. The lowest BCUT2D eigenvalue weighted by Crippen LogP contribution is -2.23. The van der Waals surface area contributed by atoms with E-state index in [1.807, 2.05) is 6.07 Å². The summed E-state index contributed by atoms with van der Waals surface area (Å²) in [6, 6.07) is 12.4. The second kappa shape index (κ2) is 6.53. The van der Waals surface area contributed by atoms with E-state index in [0.29, 0.717) is 33.8 Å². The van der Waals surface area contributed by atoms with E-state index in [1.54, 1.807) is 50.6 Å². The Bertz CT molecular complexity index is 1050. The smallest absolute Gasteiger partial charge is 0.219 e. The Morgan fingerprint density at radius 1 is 1.00 bits per heavy atom. The van der Waals surface area contributed by atoms with Crippen LogP contribution in [0.15, 0.2) is 36.4 Å². The average Bonchev–Trinajstić information content (AvgIpc) is 2.66. The fourth-order valence-corrected chi connectivity index (χ4v) is 2.61. The van der Waals surface area contributed by atoms with Gasteiger partial charge in [-0.15, -0.1) is 0 Å². The van der Waals surface area contributed by atoms with E-state index < -0.39 is 0 Å². The summed E-state index contributed by atoms with van der Waals surface area (Å²) in [4.78, 5) is 4.37. The first-order chi connectivity index (χ1) is 12.1. The molecule has 0 atom stereocenters. The van der Waals surface area contributed by atoms with Crippen LogP contribution in [0.25, 0.3) is 16.6 Å². The minimum Gasteiger partial charge on any atom is -0.497 e. The van der Waals surface area contributed by atoms with E-state index in [-0.39, 0.29) is 11.3 Å². The molecule has 1 N–H and O–H groups in total. The molecule has 0 saturated carbocycles. The summed E-state index contributed by atoms with van der Waals surface area (Å²) in [5, 5.41) is 18.7. The predicted molar refractivity (Wildman–Crippen MR) is 91.3 cm³/mol. The maximum Gasteiger partial charge on any atom is 0.219 e. The van der Waals surface area contributed by atoms with Crippen LogP contribution in [0.5, 0.6) is 17.2 Å². The van der Waals surface area contributed by atoms with Crippen LogP contribution in [0, 0.1) is 16.7 Å². The molecule has 3 aromatic rings. The fraction of sp³-hybridized carbons (Fsp3) is 0.167. The number of fused-ring (bicyclic) bond motifs is 1. The van der Waals surface area contributed by atoms with Gasteiger partial charge in [0.05, 0.1) is 32.5 Å². The zero-order valence-electron chi connectivity index (χ0n) is 14.0. The van der Waals surface area contributed by atoms with Crippen molar-refractivity contribution in [1.29, 1.82) is 10.7 Å². The normalized spacial score (nSPS) is 10.3. The molecule has 0 unspecified atom stereocenters. The number of methoxy groups -OCH3 is 3. The topological polar surface area (TPSA) is 93.1 Å². The molecule has 1 heterocycles. The van der Waals surface area contributed by atoms with Gasteiger partial charge in [0, 0.05) is 17.5 Å². The summed E-state index contributed by atoms with van der Waals surface area (Å²) >= 11 is 0. The Morgan fingerprint density at radius 2 is 1.76 bits per heavy atom. The highest BCUT2D eigenvalue weighted by atomic mass is 16.5. The zero-order chi connectivity index (χ0) is 18.0. The van der Waals surface area contributed by atoms with Gasteiger partial charge in [-0.25, -0.2) is 4.98 Å². The first kappa shape index (κ1) is 16.3. The number of aromatic nitrogens is 2. The van der Waals surface area contributed by atoms with Gasteiger partial charge in [-0.3, -0.25) is 9.98 Å². The minimum absolute atomic E-state index is 0.0953. The van der Waals surface area contributed by atoms with Crippen molar-refractivity contribution in [2.24, 2.45) is 0 Å². The van der Waals surface area contributed by atoms with Crippen molar-refractivity contribution in [1.82, 2.24) is 9.55 Å². The molecule has 2 aromatic carbocycles. The van der Waals surface area contributed by atoms with Gasteiger partial charge >= 0.3 is 0 Å². The Balaban J connectivity index is 2.31. The number of rotatable bonds is 4. The predicted octanol–water partition coefficient (Wildman–Crippen LogP) is 2.40. The van der Waals surface area contributed by atoms with Crippen LogP contribution in [0.2, 0.25) is 0 Å². The van der Waals surface area contributed by atoms with E-state index in [9.17, 15) is 5.26 Å². The van der Waals surface area contributed by atoms with Crippen LogP contribution >= 0.6 is 0 Å². The second-order valence-electron chi connectivity index (χ2n) is 5.15. The van der Waals surface area contributed by atoms with E-state index >= 15 is 0 Å². The molecular formula is C18H16N4O3. The Kier molecular flexibility index (Phi) is 4.27. The molecule has 0 fully saturated rings. The first-order valence-corrected chi connectivity index (χ1v) is 7.40. The summed E-state index contributed by atoms with van der Waals surface area (Å²) in [5.41, 5.74) is 1.26. The van der Waals surface area contributed by atoms with Gasteiger partial charge in [0.15, 0.2) is 11.5 Å². The number of nitriles is 1. The van der Waals surface area contributed by atoms with Gasteiger partial charge < -0.3 is 14.2 Å². The van der Waals surface area contributed by atoms with Gasteiger partial charge in [0.25, 0.3) is 0 Å². The van der Waals surface area contributed by atoms with Crippen molar-refractivity contribution in [2.45, 2.75) is 0 Å². The van der Waals surface area contributed by atoms with Gasteiger partial charge in [-0.1, -0.05) is 0 Å². The number of benzene rings is 2. The van der Waals surface area contributed by atoms with Crippen molar-refractivity contribution in [3.63, 3.8) is 0 Å². The molecule has 0 spiro atoms. The molecule has 25 heavy (non-hydrogen) atoms. The molecule has 3 rings (SSSR count). The van der Waals surface area contributed by atoms with Gasteiger partial charge in [-0.05, 0) is 24.3 Å². The van der Waals surface area contributed by atoms with E-state index in [1.165, 1.54) is 11.7 Å². The molecule has 7 nitrogen and oxygen atoms in total. The quantitative estimate of drug-likeness (QED) is 0.789. The standard InChI is InChI=1S/C18H16N4O3/c1-23-12-5-6-13-14(9-12)21-17(10-19)22(18(13)20)11-4-7-15(24-2)16(8-11)25-3/h4-9,20H,1-3H3. The SMILES string of the molecule is COc1ccc2c(=N)n(-c3ccc(OC)c(OC)c3)c(C#N)nc2c1. The van der Waals surface area contributed by atoms with Crippen molar-refractivity contribution in [2.75, 3.05) is 21.3 Å². The molecule has 0 aliphatic rings. The average molecular weight is 336 g/mol.